The first-order chi connectivity index (χ1) is 13.0. The Morgan fingerprint density at radius 3 is 2.22 bits per heavy atom. The van der Waals surface area contributed by atoms with Crippen molar-refractivity contribution in [1.29, 1.82) is 0 Å². The van der Waals surface area contributed by atoms with Gasteiger partial charge in [-0.2, -0.15) is 0 Å². The van der Waals surface area contributed by atoms with Crippen LogP contribution in [0.3, 0.4) is 0 Å². The van der Waals surface area contributed by atoms with Gasteiger partial charge in [0.15, 0.2) is 0 Å². The number of benzene rings is 2. The standard InChI is InChI=1S/C25H32N2/c1-6-10-25(27-19(5)7-2)23(18(3)4)17-20-13-15-21(16-14-20)22-11-8-9-12-24(22)26/h8-9,11-16H,3,6-7,10,17,26H2,1-2,4-5H3/b25-23-,27-19?. The molecule has 0 unspecified atom stereocenters. The summed E-state index contributed by atoms with van der Waals surface area (Å²) in [5.41, 5.74) is 15.1. The fraction of sp³-hybridized carbons (Fsp3) is 0.320. The lowest BCUT2D eigenvalue weighted by Crippen LogP contribution is -2.00. The third-order valence-corrected chi connectivity index (χ3v) is 4.79. The Bertz CT molecular complexity index is 839. The maximum Gasteiger partial charge on any atom is 0.0440 e. The smallest absolute Gasteiger partial charge is 0.0440 e. The molecule has 0 aliphatic carbocycles. The minimum Gasteiger partial charge on any atom is -0.398 e. The van der Waals surface area contributed by atoms with Gasteiger partial charge in [-0.15, -0.1) is 0 Å². The number of nitrogens with zero attached hydrogens (tertiary/aromatic N) is 1. The van der Waals surface area contributed by atoms with Crippen LogP contribution in [0.15, 0.2) is 76.9 Å². The molecule has 2 nitrogen and oxygen atoms in total. The van der Waals surface area contributed by atoms with E-state index in [1.165, 1.54) is 22.5 Å². The van der Waals surface area contributed by atoms with Gasteiger partial charge in [-0.1, -0.05) is 74.9 Å². The Balaban J connectivity index is 2.35. The number of nitrogen functional groups attached to an aromatic ring is 1. The van der Waals surface area contributed by atoms with E-state index in [9.17, 15) is 0 Å². The van der Waals surface area contributed by atoms with Crippen LogP contribution >= 0.6 is 0 Å². The molecule has 0 heterocycles. The van der Waals surface area contributed by atoms with E-state index in [-0.39, 0.29) is 0 Å². The molecule has 2 aromatic carbocycles. The van der Waals surface area contributed by atoms with Crippen LogP contribution in [0.5, 0.6) is 0 Å². The van der Waals surface area contributed by atoms with Gasteiger partial charge in [0.1, 0.15) is 0 Å². The van der Waals surface area contributed by atoms with Crippen LogP contribution in [-0.2, 0) is 6.42 Å². The Labute approximate surface area is 164 Å². The number of nitrogens with two attached hydrogens (primary N) is 1. The Morgan fingerprint density at radius 1 is 1.00 bits per heavy atom. The number of hydrogen-bond acceptors (Lipinski definition) is 2. The van der Waals surface area contributed by atoms with Crippen LogP contribution in [0.25, 0.3) is 11.1 Å². The molecular formula is C25H32N2. The molecule has 0 radical (unpaired) electrons. The highest BCUT2D eigenvalue weighted by Gasteiger charge is 2.10. The summed E-state index contributed by atoms with van der Waals surface area (Å²) in [7, 11) is 0. The molecule has 2 aromatic rings. The lowest BCUT2D eigenvalue weighted by Gasteiger charge is -2.14. The lowest BCUT2D eigenvalue weighted by atomic mass is 9.94. The van der Waals surface area contributed by atoms with Crippen molar-refractivity contribution in [2.75, 3.05) is 5.73 Å². The average molecular weight is 361 g/mol. The summed E-state index contributed by atoms with van der Waals surface area (Å²) in [5.74, 6) is 0. The molecule has 0 spiro atoms. The Hall–Kier alpha value is -2.61. The third kappa shape index (κ3) is 5.68. The Kier molecular flexibility index (Phi) is 7.60. The van der Waals surface area contributed by atoms with E-state index in [1.807, 2.05) is 18.2 Å². The number of anilines is 1. The van der Waals surface area contributed by atoms with Crippen LogP contribution < -0.4 is 5.73 Å². The zero-order valence-corrected chi connectivity index (χ0v) is 17.2. The van der Waals surface area contributed by atoms with Crippen LogP contribution in [-0.4, -0.2) is 5.71 Å². The van der Waals surface area contributed by atoms with Crippen molar-refractivity contribution in [3.63, 3.8) is 0 Å². The number of hydrogen-bond donors (Lipinski definition) is 1. The summed E-state index contributed by atoms with van der Waals surface area (Å²) in [6.45, 7) is 12.8. The van der Waals surface area contributed by atoms with E-state index in [4.69, 9.17) is 10.7 Å². The van der Waals surface area contributed by atoms with Gasteiger partial charge in [0.2, 0.25) is 0 Å². The molecule has 0 fully saturated rings. The topological polar surface area (TPSA) is 38.4 Å². The van der Waals surface area contributed by atoms with E-state index >= 15 is 0 Å². The summed E-state index contributed by atoms with van der Waals surface area (Å²) in [6, 6.07) is 16.7. The highest BCUT2D eigenvalue weighted by atomic mass is 14.8. The second-order valence-electron chi connectivity index (χ2n) is 7.12. The molecule has 0 aliphatic heterocycles. The molecule has 27 heavy (non-hydrogen) atoms. The zero-order chi connectivity index (χ0) is 19.8. The van der Waals surface area contributed by atoms with Gasteiger partial charge >= 0.3 is 0 Å². The number of para-hydroxylation sites is 1. The monoisotopic (exact) mass is 360 g/mol. The first kappa shape index (κ1) is 20.7. The Morgan fingerprint density at radius 2 is 1.67 bits per heavy atom. The van der Waals surface area contributed by atoms with Crippen molar-refractivity contribution in [3.8, 4) is 11.1 Å². The number of aliphatic imine (C=N–C) groups is 1. The predicted molar refractivity (Wildman–Crippen MR) is 120 cm³/mol. The average Bonchev–Trinajstić information content (AvgIpc) is 2.66. The summed E-state index contributed by atoms with van der Waals surface area (Å²) in [5, 5.41) is 0. The second kappa shape index (κ2) is 9.91. The molecule has 0 aliphatic rings. The zero-order valence-electron chi connectivity index (χ0n) is 17.2. The van der Waals surface area contributed by atoms with Crippen molar-refractivity contribution >= 4 is 11.4 Å². The van der Waals surface area contributed by atoms with Crippen LogP contribution in [0.1, 0.15) is 52.5 Å². The molecule has 2 heteroatoms. The predicted octanol–water partition coefficient (Wildman–Crippen LogP) is 6.98. The molecule has 0 saturated heterocycles. The largest absolute Gasteiger partial charge is 0.398 e. The van der Waals surface area contributed by atoms with Crippen molar-refractivity contribution in [2.24, 2.45) is 4.99 Å². The van der Waals surface area contributed by atoms with Gasteiger partial charge in [0, 0.05) is 22.7 Å². The fourth-order valence-electron chi connectivity index (χ4n) is 3.09. The summed E-state index contributed by atoms with van der Waals surface area (Å²) in [4.78, 5) is 4.90. The summed E-state index contributed by atoms with van der Waals surface area (Å²) < 4.78 is 0. The highest BCUT2D eigenvalue weighted by Crippen LogP contribution is 2.28. The molecule has 0 bridgehead atoms. The maximum absolute atomic E-state index is 6.11. The molecule has 0 amide bonds. The second-order valence-corrected chi connectivity index (χ2v) is 7.12. The molecule has 2 rings (SSSR count). The first-order valence-electron chi connectivity index (χ1n) is 9.82. The van der Waals surface area contributed by atoms with Crippen molar-refractivity contribution < 1.29 is 0 Å². The van der Waals surface area contributed by atoms with Crippen molar-refractivity contribution in [1.82, 2.24) is 0 Å². The van der Waals surface area contributed by atoms with E-state index in [1.54, 1.807) is 0 Å². The minimum atomic E-state index is 0.808. The van der Waals surface area contributed by atoms with E-state index < -0.39 is 0 Å². The maximum atomic E-state index is 6.11. The van der Waals surface area contributed by atoms with Gasteiger partial charge in [-0.3, -0.25) is 4.99 Å². The quantitative estimate of drug-likeness (QED) is 0.308. The van der Waals surface area contributed by atoms with Gasteiger partial charge in [-0.25, -0.2) is 0 Å². The number of allylic oxidation sites excluding steroid dienone is 3. The van der Waals surface area contributed by atoms with Gasteiger partial charge in [-0.05, 0) is 55.9 Å². The minimum absolute atomic E-state index is 0.808. The normalized spacial score (nSPS) is 12.7. The first-order valence-corrected chi connectivity index (χ1v) is 9.82. The van der Waals surface area contributed by atoms with Gasteiger partial charge < -0.3 is 5.73 Å². The van der Waals surface area contributed by atoms with E-state index in [0.29, 0.717) is 0 Å². The highest BCUT2D eigenvalue weighted by molar-refractivity contribution is 5.82. The molecule has 0 saturated carbocycles. The van der Waals surface area contributed by atoms with Gasteiger partial charge in [0.05, 0.1) is 0 Å². The van der Waals surface area contributed by atoms with Crippen LogP contribution in [0.2, 0.25) is 0 Å². The molecule has 2 N–H and O–H groups in total. The summed E-state index contributed by atoms with van der Waals surface area (Å²) >= 11 is 0. The van der Waals surface area contributed by atoms with Crippen LogP contribution in [0.4, 0.5) is 5.69 Å². The van der Waals surface area contributed by atoms with Gasteiger partial charge in [0.25, 0.3) is 0 Å². The van der Waals surface area contributed by atoms with Crippen molar-refractivity contribution in [2.45, 2.75) is 53.4 Å². The molecular weight excluding hydrogens is 328 g/mol. The van der Waals surface area contributed by atoms with E-state index in [0.717, 1.165) is 48.1 Å². The molecule has 142 valence electrons. The molecule has 0 aromatic heterocycles. The molecule has 0 atom stereocenters. The lowest BCUT2D eigenvalue weighted by molar-refractivity contribution is 0.866. The SMILES string of the molecule is C=C(C)/C(Cc1ccc(-c2ccccc2N)cc1)=C(/CCC)N=C(C)CC. The fourth-order valence-corrected chi connectivity index (χ4v) is 3.09. The summed E-state index contributed by atoms with van der Waals surface area (Å²) in [6.07, 6.45) is 3.90. The van der Waals surface area contributed by atoms with Crippen LogP contribution in [0, 0.1) is 0 Å². The third-order valence-electron chi connectivity index (χ3n) is 4.79. The van der Waals surface area contributed by atoms with E-state index in [2.05, 4.69) is 64.6 Å². The number of rotatable bonds is 8. The van der Waals surface area contributed by atoms with Crippen molar-refractivity contribution in [3.05, 3.63) is 77.5 Å².